The fourth-order valence-corrected chi connectivity index (χ4v) is 2.13. The Morgan fingerprint density at radius 2 is 1.82 bits per heavy atom. The summed E-state index contributed by atoms with van der Waals surface area (Å²) in [6, 6.07) is 0. The third kappa shape index (κ3) is 2.08. The average Bonchev–Trinajstić information content (AvgIpc) is 2.53. The van der Waals surface area contributed by atoms with Crippen molar-refractivity contribution in [3.8, 4) is 0 Å². The molecular weight excluding hydrogens is 132 g/mol. The van der Waals surface area contributed by atoms with Gasteiger partial charge in [0.2, 0.25) is 0 Å². The Balaban J connectivity index is 2.38. The summed E-state index contributed by atoms with van der Waals surface area (Å²) < 4.78 is 0. The molecule has 1 saturated carbocycles. The van der Waals surface area contributed by atoms with Crippen LogP contribution >= 0.6 is 0 Å². The molecule has 64 valence electrons. The van der Waals surface area contributed by atoms with Gasteiger partial charge < -0.3 is 0 Å². The Labute approximate surface area is 70.7 Å². The molecule has 1 rings (SSSR count). The van der Waals surface area contributed by atoms with Gasteiger partial charge in [-0.3, -0.25) is 0 Å². The molecule has 0 spiro atoms. The van der Waals surface area contributed by atoms with Crippen molar-refractivity contribution < 1.29 is 0 Å². The number of hydrogen-bond acceptors (Lipinski definition) is 0. The lowest BCUT2D eigenvalue weighted by Gasteiger charge is -2.22. The highest BCUT2D eigenvalue weighted by Gasteiger charge is 2.23. The van der Waals surface area contributed by atoms with Crippen molar-refractivity contribution in [3.63, 3.8) is 0 Å². The quantitative estimate of drug-likeness (QED) is 0.542. The molecule has 0 nitrogen and oxygen atoms in total. The van der Waals surface area contributed by atoms with Crippen LogP contribution in [0.3, 0.4) is 0 Å². The van der Waals surface area contributed by atoms with Crippen molar-refractivity contribution in [2.24, 2.45) is 17.8 Å². The summed E-state index contributed by atoms with van der Waals surface area (Å²) in [4.78, 5) is 0. The number of hydrogen-bond donors (Lipinski definition) is 0. The maximum Gasteiger partial charge on any atom is -0.0236 e. The second-order valence-electron chi connectivity index (χ2n) is 4.00. The van der Waals surface area contributed by atoms with E-state index >= 15 is 0 Å². The molecule has 0 aromatic rings. The molecule has 0 heterocycles. The summed E-state index contributed by atoms with van der Waals surface area (Å²) in [7, 11) is 0. The molecule has 2 atom stereocenters. The van der Waals surface area contributed by atoms with Crippen molar-refractivity contribution >= 4 is 0 Å². The molecule has 0 aromatic heterocycles. The van der Waals surface area contributed by atoms with Crippen LogP contribution in [0.5, 0.6) is 0 Å². The molecule has 1 aliphatic carbocycles. The van der Waals surface area contributed by atoms with Gasteiger partial charge in [0.05, 0.1) is 0 Å². The summed E-state index contributed by atoms with van der Waals surface area (Å²) in [6.07, 6.45) is 7.93. The monoisotopic (exact) mass is 152 g/mol. The van der Waals surface area contributed by atoms with Crippen LogP contribution in [0.15, 0.2) is 12.7 Å². The predicted molar refractivity (Wildman–Crippen MR) is 50.5 cm³/mol. The molecule has 0 bridgehead atoms. The van der Waals surface area contributed by atoms with E-state index in [0.717, 1.165) is 11.8 Å². The van der Waals surface area contributed by atoms with E-state index in [4.69, 9.17) is 0 Å². The zero-order valence-corrected chi connectivity index (χ0v) is 7.84. The minimum absolute atomic E-state index is 0.707. The molecule has 0 radical (unpaired) electrons. The van der Waals surface area contributed by atoms with E-state index in [0.29, 0.717) is 5.92 Å². The SMILES string of the molecule is C=CC(C)C(C)C1CCCC1. The van der Waals surface area contributed by atoms with E-state index in [1.807, 2.05) is 0 Å². The van der Waals surface area contributed by atoms with E-state index in [1.165, 1.54) is 25.7 Å². The maximum atomic E-state index is 3.85. The minimum Gasteiger partial charge on any atom is -0.103 e. The molecule has 11 heavy (non-hydrogen) atoms. The van der Waals surface area contributed by atoms with Crippen molar-refractivity contribution in [1.82, 2.24) is 0 Å². The minimum atomic E-state index is 0.707. The fourth-order valence-electron chi connectivity index (χ4n) is 2.13. The molecule has 1 aliphatic rings. The van der Waals surface area contributed by atoms with E-state index in [2.05, 4.69) is 26.5 Å². The van der Waals surface area contributed by atoms with Crippen molar-refractivity contribution in [3.05, 3.63) is 12.7 Å². The second-order valence-corrected chi connectivity index (χ2v) is 4.00. The van der Waals surface area contributed by atoms with Crippen LogP contribution < -0.4 is 0 Å². The van der Waals surface area contributed by atoms with Crippen LogP contribution in [-0.4, -0.2) is 0 Å². The van der Waals surface area contributed by atoms with Gasteiger partial charge >= 0.3 is 0 Å². The van der Waals surface area contributed by atoms with Crippen molar-refractivity contribution in [2.45, 2.75) is 39.5 Å². The molecule has 0 aromatic carbocycles. The predicted octanol–water partition coefficient (Wildman–Crippen LogP) is 3.63. The van der Waals surface area contributed by atoms with Crippen LogP contribution in [-0.2, 0) is 0 Å². The van der Waals surface area contributed by atoms with Crippen LogP contribution in [0.25, 0.3) is 0 Å². The molecular formula is C11H20. The zero-order chi connectivity index (χ0) is 8.27. The zero-order valence-electron chi connectivity index (χ0n) is 7.84. The van der Waals surface area contributed by atoms with Crippen LogP contribution in [0.4, 0.5) is 0 Å². The first-order valence-electron chi connectivity index (χ1n) is 4.88. The molecule has 0 N–H and O–H groups in total. The van der Waals surface area contributed by atoms with Gasteiger partial charge in [-0.05, 0) is 17.8 Å². The highest BCUT2D eigenvalue weighted by molar-refractivity contribution is 4.84. The van der Waals surface area contributed by atoms with Gasteiger partial charge in [-0.15, -0.1) is 6.58 Å². The largest absolute Gasteiger partial charge is 0.103 e. The van der Waals surface area contributed by atoms with Gasteiger partial charge in [0.25, 0.3) is 0 Å². The normalized spacial score (nSPS) is 24.9. The van der Waals surface area contributed by atoms with Crippen LogP contribution in [0.2, 0.25) is 0 Å². The van der Waals surface area contributed by atoms with Gasteiger partial charge in [-0.2, -0.15) is 0 Å². The second kappa shape index (κ2) is 3.94. The Hall–Kier alpha value is -0.260. The van der Waals surface area contributed by atoms with Crippen LogP contribution in [0, 0.1) is 17.8 Å². The third-order valence-electron chi connectivity index (χ3n) is 3.34. The lowest BCUT2D eigenvalue weighted by atomic mass is 9.83. The molecule has 0 heteroatoms. The third-order valence-corrected chi connectivity index (χ3v) is 3.34. The molecule has 2 unspecified atom stereocenters. The maximum absolute atomic E-state index is 3.85. The van der Waals surface area contributed by atoms with Crippen LogP contribution in [0.1, 0.15) is 39.5 Å². The molecule has 0 amide bonds. The highest BCUT2D eigenvalue weighted by Crippen LogP contribution is 2.34. The first-order valence-corrected chi connectivity index (χ1v) is 4.88. The molecule has 0 saturated heterocycles. The van der Waals surface area contributed by atoms with Gasteiger partial charge in [-0.1, -0.05) is 45.6 Å². The first-order chi connectivity index (χ1) is 5.25. The summed E-state index contributed by atoms with van der Waals surface area (Å²) in [6.45, 7) is 8.52. The van der Waals surface area contributed by atoms with Crippen molar-refractivity contribution in [1.29, 1.82) is 0 Å². The van der Waals surface area contributed by atoms with Crippen molar-refractivity contribution in [2.75, 3.05) is 0 Å². The summed E-state index contributed by atoms with van der Waals surface area (Å²) in [5, 5.41) is 0. The first kappa shape index (κ1) is 8.83. The summed E-state index contributed by atoms with van der Waals surface area (Å²) >= 11 is 0. The lowest BCUT2D eigenvalue weighted by molar-refractivity contribution is 0.304. The highest BCUT2D eigenvalue weighted by atomic mass is 14.3. The van der Waals surface area contributed by atoms with Gasteiger partial charge in [0.15, 0.2) is 0 Å². The van der Waals surface area contributed by atoms with E-state index in [1.54, 1.807) is 0 Å². The van der Waals surface area contributed by atoms with Gasteiger partial charge in [-0.25, -0.2) is 0 Å². The van der Waals surface area contributed by atoms with E-state index in [-0.39, 0.29) is 0 Å². The van der Waals surface area contributed by atoms with Gasteiger partial charge in [0, 0.05) is 0 Å². The summed E-state index contributed by atoms with van der Waals surface area (Å²) in [5.41, 5.74) is 0. The number of allylic oxidation sites excluding steroid dienone is 1. The Morgan fingerprint density at radius 1 is 1.27 bits per heavy atom. The van der Waals surface area contributed by atoms with E-state index < -0.39 is 0 Å². The number of rotatable bonds is 3. The summed E-state index contributed by atoms with van der Waals surface area (Å²) in [5.74, 6) is 2.55. The smallest absolute Gasteiger partial charge is 0.0236 e. The van der Waals surface area contributed by atoms with Gasteiger partial charge in [0.1, 0.15) is 0 Å². The Morgan fingerprint density at radius 3 is 2.27 bits per heavy atom. The Bertz CT molecular complexity index is 120. The molecule has 1 fully saturated rings. The van der Waals surface area contributed by atoms with E-state index in [9.17, 15) is 0 Å². The average molecular weight is 152 g/mol. The molecule has 0 aliphatic heterocycles. The standard InChI is InChI=1S/C11H20/c1-4-9(2)10(3)11-7-5-6-8-11/h4,9-11H,1,5-8H2,2-3H3. The topological polar surface area (TPSA) is 0 Å². The fraction of sp³-hybridized carbons (Fsp3) is 0.818. The Kier molecular flexibility index (Phi) is 3.16. The lowest BCUT2D eigenvalue weighted by Crippen LogP contribution is -2.14.